The van der Waals surface area contributed by atoms with Crippen LogP contribution in [0.25, 0.3) is 11.0 Å². The Morgan fingerprint density at radius 1 is 1.25 bits per heavy atom. The number of nitrogens with zero attached hydrogens (tertiary/aromatic N) is 5. The monoisotopic (exact) mass is 464 g/mol. The van der Waals surface area contributed by atoms with Crippen molar-refractivity contribution in [2.45, 2.75) is 56.7 Å². The number of aromatic nitrogens is 3. The van der Waals surface area contributed by atoms with E-state index in [9.17, 15) is 18.3 Å². The van der Waals surface area contributed by atoms with E-state index >= 15 is 0 Å². The molecule has 0 radical (unpaired) electrons. The Bertz CT molecular complexity index is 1140. The Morgan fingerprint density at radius 3 is 2.59 bits per heavy atom. The molecule has 0 aromatic carbocycles. The molecule has 2 aliphatic rings. The summed E-state index contributed by atoms with van der Waals surface area (Å²) in [4.78, 5) is 23.4. The molecule has 1 aliphatic heterocycles. The zero-order valence-electron chi connectivity index (χ0n) is 18.9. The van der Waals surface area contributed by atoms with Crippen LogP contribution in [0.15, 0.2) is 23.1 Å². The number of sulfonamides is 1. The first-order valence-corrected chi connectivity index (χ1v) is 12.7. The molecule has 10 nitrogen and oxygen atoms in total. The molecule has 4 rings (SSSR count). The van der Waals surface area contributed by atoms with Crippen LogP contribution in [0.3, 0.4) is 0 Å². The topological polar surface area (TPSA) is 121 Å². The maximum atomic E-state index is 12.7. The molecule has 1 saturated heterocycles. The second-order valence-electron chi connectivity index (χ2n) is 9.42. The second kappa shape index (κ2) is 8.69. The molecule has 2 aromatic rings. The van der Waals surface area contributed by atoms with Crippen LogP contribution in [-0.2, 0) is 10.0 Å². The van der Waals surface area contributed by atoms with E-state index in [-0.39, 0.29) is 23.5 Å². The molecule has 1 saturated carbocycles. The van der Waals surface area contributed by atoms with E-state index in [2.05, 4.69) is 15.3 Å². The summed E-state index contributed by atoms with van der Waals surface area (Å²) in [6.07, 6.45) is 5.19. The van der Waals surface area contributed by atoms with E-state index in [1.165, 1.54) is 10.4 Å². The lowest BCUT2D eigenvalue weighted by Gasteiger charge is -2.32. The van der Waals surface area contributed by atoms with Gasteiger partial charge in [-0.2, -0.15) is 4.98 Å². The molecule has 2 atom stereocenters. The van der Waals surface area contributed by atoms with Gasteiger partial charge in [-0.25, -0.2) is 17.7 Å². The lowest BCUT2D eigenvalue weighted by Crippen LogP contribution is -2.45. The molecule has 176 valence electrons. The van der Waals surface area contributed by atoms with Crippen molar-refractivity contribution in [3.8, 4) is 0 Å². The van der Waals surface area contributed by atoms with Gasteiger partial charge in [0.15, 0.2) is 0 Å². The van der Waals surface area contributed by atoms with Gasteiger partial charge in [-0.05, 0) is 59.2 Å². The largest absolute Gasteiger partial charge is 0.388 e. The first kappa shape index (κ1) is 23.1. The lowest BCUT2D eigenvalue weighted by atomic mass is 10.00. The predicted molar refractivity (Wildman–Crippen MR) is 123 cm³/mol. The Kier molecular flexibility index (Phi) is 6.27. The smallest absolute Gasteiger partial charge is 0.252 e. The van der Waals surface area contributed by atoms with Gasteiger partial charge < -0.3 is 10.4 Å². The number of pyridine rings is 1. The minimum absolute atomic E-state index is 0.00134. The summed E-state index contributed by atoms with van der Waals surface area (Å²) in [7, 11) is 0.187. The molecule has 32 heavy (non-hydrogen) atoms. The third-order valence-electron chi connectivity index (χ3n) is 6.46. The van der Waals surface area contributed by atoms with Crippen molar-refractivity contribution < 1.29 is 13.5 Å². The number of nitrogens with one attached hydrogen (secondary N) is 1. The number of piperidine rings is 1. The molecule has 0 unspecified atom stereocenters. The third-order valence-corrected chi connectivity index (χ3v) is 8.45. The van der Waals surface area contributed by atoms with Crippen LogP contribution >= 0.6 is 0 Å². The number of hydrogen-bond acceptors (Lipinski definition) is 8. The highest BCUT2D eigenvalue weighted by Crippen LogP contribution is 2.39. The van der Waals surface area contributed by atoms with E-state index in [1.807, 2.05) is 0 Å². The Morgan fingerprint density at radius 2 is 1.97 bits per heavy atom. The first-order valence-electron chi connectivity index (χ1n) is 11.1. The molecule has 0 spiro atoms. The molecule has 0 bridgehead atoms. The van der Waals surface area contributed by atoms with Crippen molar-refractivity contribution in [3.05, 3.63) is 28.7 Å². The van der Waals surface area contributed by atoms with E-state index in [0.29, 0.717) is 43.9 Å². The normalized spacial score (nSPS) is 25.6. The van der Waals surface area contributed by atoms with Crippen LogP contribution in [0, 0.1) is 0 Å². The average molecular weight is 465 g/mol. The highest BCUT2D eigenvalue weighted by Gasteiger charge is 2.39. The summed E-state index contributed by atoms with van der Waals surface area (Å²) < 4.78 is 28.0. The molecule has 3 heterocycles. The number of hydrogen-bond donors (Lipinski definition) is 2. The third kappa shape index (κ3) is 4.66. The van der Waals surface area contributed by atoms with Crippen LogP contribution in [-0.4, -0.2) is 82.0 Å². The zero-order valence-corrected chi connectivity index (χ0v) is 19.7. The van der Waals surface area contributed by atoms with Crippen LogP contribution in [0.5, 0.6) is 0 Å². The summed E-state index contributed by atoms with van der Waals surface area (Å²) in [5.74, 6) is 0.408. The van der Waals surface area contributed by atoms with Gasteiger partial charge in [0.2, 0.25) is 16.0 Å². The number of anilines is 1. The minimum Gasteiger partial charge on any atom is -0.388 e. The molecule has 1 aliphatic carbocycles. The molecular weight excluding hydrogens is 432 g/mol. The highest BCUT2D eigenvalue weighted by atomic mass is 32.2. The Labute approximate surface area is 188 Å². The van der Waals surface area contributed by atoms with E-state index < -0.39 is 15.6 Å². The molecular formula is C21H32N6O4S. The van der Waals surface area contributed by atoms with Gasteiger partial charge in [0, 0.05) is 36.8 Å². The van der Waals surface area contributed by atoms with E-state index in [1.54, 1.807) is 42.7 Å². The maximum Gasteiger partial charge on any atom is 0.252 e. The van der Waals surface area contributed by atoms with Gasteiger partial charge in [-0.1, -0.05) is 0 Å². The summed E-state index contributed by atoms with van der Waals surface area (Å²) in [5.41, 5.74) is -0.636. The lowest BCUT2D eigenvalue weighted by molar-refractivity contribution is 0.0267. The van der Waals surface area contributed by atoms with Crippen LogP contribution < -0.4 is 10.9 Å². The zero-order chi connectivity index (χ0) is 23.1. The fourth-order valence-electron chi connectivity index (χ4n) is 4.82. The number of rotatable bonds is 6. The fraction of sp³-hybridized carbons (Fsp3) is 0.667. The second-order valence-corrected chi connectivity index (χ2v) is 11.4. The predicted octanol–water partition coefficient (Wildman–Crippen LogP) is 0.993. The summed E-state index contributed by atoms with van der Waals surface area (Å²) in [5, 5.41) is 14.8. The van der Waals surface area contributed by atoms with E-state index in [4.69, 9.17) is 0 Å². The van der Waals surface area contributed by atoms with Crippen molar-refractivity contribution in [2.75, 3.05) is 38.4 Å². The van der Waals surface area contributed by atoms with Gasteiger partial charge in [-0.15, -0.1) is 0 Å². The molecule has 0 amide bonds. The average Bonchev–Trinajstić information content (AvgIpc) is 3.06. The van der Waals surface area contributed by atoms with Crippen molar-refractivity contribution in [2.24, 2.45) is 0 Å². The summed E-state index contributed by atoms with van der Waals surface area (Å²) in [6.45, 7) is 2.66. The van der Waals surface area contributed by atoms with Gasteiger partial charge in [0.25, 0.3) is 5.56 Å². The first-order chi connectivity index (χ1) is 15.1. The van der Waals surface area contributed by atoms with Crippen molar-refractivity contribution in [1.82, 2.24) is 23.7 Å². The Balaban J connectivity index is 1.53. The summed E-state index contributed by atoms with van der Waals surface area (Å²) >= 11 is 0. The minimum atomic E-state index is -3.30. The molecule has 11 heteroatoms. The van der Waals surface area contributed by atoms with Crippen molar-refractivity contribution >= 4 is 27.0 Å². The van der Waals surface area contributed by atoms with Crippen LogP contribution in [0.2, 0.25) is 0 Å². The molecule has 2 aromatic heterocycles. The number of aliphatic hydroxyl groups is 1. The van der Waals surface area contributed by atoms with Crippen molar-refractivity contribution in [3.63, 3.8) is 0 Å². The van der Waals surface area contributed by atoms with Gasteiger partial charge in [0.1, 0.15) is 11.5 Å². The fourth-order valence-corrected chi connectivity index (χ4v) is 6.40. The summed E-state index contributed by atoms with van der Waals surface area (Å²) in [6, 6.07) is 2.91. The number of fused-ring (bicyclic) bond motifs is 1. The Hall–Kier alpha value is -2.08. The molecule has 2 fully saturated rings. The molecule has 2 N–H and O–H groups in total. The highest BCUT2D eigenvalue weighted by molar-refractivity contribution is 7.89. The van der Waals surface area contributed by atoms with E-state index in [0.717, 1.165) is 18.2 Å². The van der Waals surface area contributed by atoms with Gasteiger partial charge in [0.05, 0.1) is 11.6 Å². The van der Waals surface area contributed by atoms with Crippen molar-refractivity contribution in [1.29, 1.82) is 0 Å². The van der Waals surface area contributed by atoms with Gasteiger partial charge >= 0.3 is 0 Å². The van der Waals surface area contributed by atoms with Gasteiger partial charge in [-0.3, -0.25) is 14.3 Å². The standard InChI is InChI=1S/C21H32N6O4S/c1-21(29)10-4-5-17(21)27-18(28)7-6-15-13-22-20(24-19(15)27)23-16-8-11-26(12-9-16)32(30,31)14-25(2)3/h6-7,13,16-17,29H,4-5,8-12,14H2,1-3H3,(H,22,23,24)/t17-,21-/m1/s1. The van der Waals surface area contributed by atoms with Crippen LogP contribution in [0.1, 0.15) is 45.1 Å². The quantitative estimate of drug-likeness (QED) is 0.649. The van der Waals surface area contributed by atoms with Crippen LogP contribution in [0.4, 0.5) is 5.95 Å². The maximum absolute atomic E-state index is 12.7. The SMILES string of the molecule is CN(C)CS(=O)(=O)N1CCC(Nc2ncc3ccc(=O)n([C@@H]4CCC[C@@]4(C)O)c3n2)CC1.